The molecule has 2 heterocycles. The molecule has 1 amide bonds. The van der Waals surface area contributed by atoms with Crippen molar-refractivity contribution in [1.29, 1.82) is 0 Å². The Bertz CT molecular complexity index is 1680. The summed E-state index contributed by atoms with van der Waals surface area (Å²) in [6.07, 6.45) is 3.51. The fraction of sp³-hybridized carbons (Fsp3) is 0.353. The van der Waals surface area contributed by atoms with E-state index in [1.807, 2.05) is 16.7 Å². The molecule has 1 fully saturated rings. The number of nitrogens with zero attached hydrogens (tertiary/aromatic N) is 3. The molecule has 238 valence electrons. The first-order valence-corrected chi connectivity index (χ1v) is 16.4. The van der Waals surface area contributed by atoms with Gasteiger partial charge in [-0.05, 0) is 54.1 Å². The van der Waals surface area contributed by atoms with Gasteiger partial charge in [0.1, 0.15) is 17.4 Å². The average Bonchev–Trinajstić information content (AvgIpc) is 3.43. The number of hydrogen-bond donors (Lipinski definition) is 1. The maximum absolute atomic E-state index is 15.5. The predicted octanol–water partition coefficient (Wildman–Crippen LogP) is 8.05. The van der Waals surface area contributed by atoms with E-state index in [4.69, 9.17) is 32.9 Å². The Morgan fingerprint density at radius 3 is 2.40 bits per heavy atom. The number of quaternary nitrogens is 1. The fourth-order valence-corrected chi connectivity index (χ4v) is 7.18. The van der Waals surface area contributed by atoms with Crippen LogP contribution in [-0.2, 0) is 11.2 Å². The first-order chi connectivity index (χ1) is 21.3. The van der Waals surface area contributed by atoms with Crippen molar-refractivity contribution >= 4 is 40.9 Å². The zero-order chi connectivity index (χ0) is 32.5. The summed E-state index contributed by atoms with van der Waals surface area (Å²) in [6, 6.07) is 14.6. The second kappa shape index (κ2) is 13.3. The minimum absolute atomic E-state index is 0.0541. The van der Waals surface area contributed by atoms with Crippen LogP contribution in [0.25, 0.3) is 5.69 Å². The summed E-state index contributed by atoms with van der Waals surface area (Å²) in [4.78, 5) is 17.7. The lowest BCUT2D eigenvalue weighted by Gasteiger charge is -2.37. The Morgan fingerprint density at radius 2 is 1.76 bits per heavy atom. The zero-order valence-corrected chi connectivity index (χ0v) is 28.3. The van der Waals surface area contributed by atoms with E-state index in [-0.39, 0.29) is 39.7 Å². The molecule has 1 aliphatic rings. The molecule has 1 aromatic heterocycles. The molecule has 5 rings (SSSR count). The van der Waals surface area contributed by atoms with Crippen LogP contribution in [0.4, 0.5) is 8.78 Å². The van der Waals surface area contributed by atoms with Gasteiger partial charge in [-0.3, -0.25) is 9.36 Å². The van der Waals surface area contributed by atoms with Crippen molar-refractivity contribution in [3.8, 4) is 11.4 Å². The number of rotatable bonds is 9. The van der Waals surface area contributed by atoms with Crippen LogP contribution in [0.15, 0.2) is 66.0 Å². The zero-order valence-electron chi connectivity index (χ0n) is 26.0. The van der Waals surface area contributed by atoms with Gasteiger partial charge < -0.3 is 14.5 Å². The van der Waals surface area contributed by atoms with Crippen molar-refractivity contribution in [2.45, 2.75) is 49.1 Å². The van der Waals surface area contributed by atoms with E-state index in [2.05, 4.69) is 33.3 Å². The quantitative estimate of drug-likeness (QED) is 0.144. The minimum atomic E-state index is -0.580. The molecule has 0 spiro atoms. The summed E-state index contributed by atoms with van der Waals surface area (Å²) in [5.74, 6) is -0.538. The monoisotopic (exact) mass is 673 g/mol. The number of carbonyl (C=O) groups excluding carboxylic acids is 1. The third kappa shape index (κ3) is 7.32. The van der Waals surface area contributed by atoms with Gasteiger partial charge in [-0.1, -0.05) is 54.9 Å². The number of halogens is 4. The van der Waals surface area contributed by atoms with E-state index in [0.717, 1.165) is 41.7 Å². The third-order valence-electron chi connectivity index (χ3n) is 8.58. The van der Waals surface area contributed by atoms with Crippen molar-refractivity contribution < 1.29 is 22.8 Å². The summed E-state index contributed by atoms with van der Waals surface area (Å²) in [6.45, 7) is 6.04. The Kier molecular flexibility index (Phi) is 9.84. The smallest absolute Gasteiger partial charge is 0.251 e. The number of methoxy groups -OCH3 is 1. The molecule has 1 aliphatic heterocycles. The van der Waals surface area contributed by atoms with Crippen molar-refractivity contribution in [2.24, 2.45) is 0 Å². The summed E-state index contributed by atoms with van der Waals surface area (Å²) >= 11 is 14.2. The lowest BCUT2D eigenvalue weighted by Crippen LogP contribution is -2.51. The molecule has 45 heavy (non-hydrogen) atoms. The molecule has 0 unspecified atom stereocenters. The van der Waals surface area contributed by atoms with Gasteiger partial charge in [0, 0.05) is 51.9 Å². The first kappa shape index (κ1) is 33.3. The number of piperidine rings is 1. The number of imidazole rings is 1. The van der Waals surface area contributed by atoms with Crippen LogP contribution in [0.1, 0.15) is 53.9 Å². The lowest BCUT2D eigenvalue weighted by molar-refractivity contribution is -0.895. The highest BCUT2D eigenvalue weighted by atomic mass is 35.5. The van der Waals surface area contributed by atoms with Crippen molar-refractivity contribution in [1.82, 2.24) is 14.9 Å². The summed E-state index contributed by atoms with van der Waals surface area (Å²) in [7, 11) is 5.92. The normalized spacial score (nSPS) is 15.2. The van der Waals surface area contributed by atoms with Gasteiger partial charge in [0.15, 0.2) is 5.16 Å². The van der Waals surface area contributed by atoms with Gasteiger partial charge in [-0.25, -0.2) is 13.8 Å². The van der Waals surface area contributed by atoms with E-state index in [0.29, 0.717) is 21.6 Å². The second-order valence-corrected chi connectivity index (χ2v) is 14.3. The molecule has 6 nitrogen and oxygen atoms in total. The number of ether oxygens (including phenoxy) is 1. The van der Waals surface area contributed by atoms with Crippen LogP contribution in [-0.4, -0.2) is 60.3 Å². The minimum Gasteiger partial charge on any atom is -0.495 e. The number of benzene rings is 3. The number of amides is 1. The molecule has 0 bridgehead atoms. The number of carbonyl (C=O) groups is 1. The molecule has 11 heteroatoms. The summed E-state index contributed by atoms with van der Waals surface area (Å²) in [5.41, 5.74) is 2.34. The SMILES string of the molecule is COc1cc(C(C)(C)c2cnc(SCc3c(F)cc(C(=O)NC4CC[N+](C)(C)CC4)cc3Cl)n2-c2ccc(F)cc2)ccc1Cl. The molecule has 4 aromatic rings. The van der Waals surface area contributed by atoms with Crippen LogP contribution < -0.4 is 10.1 Å². The Morgan fingerprint density at radius 1 is 1.07 bits per heavy atom. The molecular formula is C34H37Cl2F2N4O2S+. The number of aromatic nitrogens is 2. The lowest BCUT2D eigenvalue weighted by atomic mass is 9.81. The standard InChI is InChI=1S/C34H36Cl2F2N4O2S/c1-34(2,22-6-11-27(35)30(18-22)44-5)31-19-39-33(41(31)25-9-7-23(37)8-10-25)45-20-26-28(36)16-21(17-29(26)38)32(43)40-24-12-14-42(3,4)15-13-24/h6-11,16-19,24H,12-15,20H2,1-5H3/p+1. The van der Waals surface area contributed by atoms with Crippen molar-refractivity contribution in [2.75, 3.05) is 34.3 Å². The van der Waals surface area contributed by atoms with Gasteiger partial charge in [-0.2, -0.15) is 0 Å². The number of likely N-dealkylation sites (tertiary alicyclic amines) is 1. The molecule has 1 saturated heterocycles. The molecule has 3 aromatic carbocycles. The van der Waals surface area contributed by atoms with Crippen molar-refractivity contribution in [3.63, 3.8) is 0 Å². The molecule has 0 atom stereocenters. The Labute approximate surface area is 277 Å². The van der Waals surface area contributed by atoms with E-state index in [1.165, 1.54) is 36.0 Å². The largest absolute Gasteiger partial charge is 0.495 e. The fourth-order valence-electron chi connectivity index (χ4n) is 5.60. The van der Waals surface area contributed by atoms with E-state index >= 15 is 4.39 Å². The maximum atomic E-state index is 15.5. The highest BCUT2D eigenvalue weighted by Gasteiger charge is 2.31. The van der Waals surface area contributed by atoms with Crippen LogP contribution in [0.2, 0.25) is 10.0 Å². The molecule has 0 radical (unpaired) electrons. The highest BCUT2D eigenvalue weighted by molar-refractivity contribution is 7.98. The molecule has 1 N–H and O–H groups in total. The highest BCUT2D eigenvalue weighted by Crippen LogP contribution is 2.39. The molecular weight excluding hydrogens is 637 g/mol. The van der Waals surface area contributed by atoms with Crippen molar-refractivity contribution in [3.05, 3.63) is 105 Å². The van der Waals surface area contributed by atoms with E-state index in [1.54, 1.807) is 31.5 Å². The van der Waals surface area contributed by atoms with Crippen LogP contribution in [0.3, 0.4) is 0 Å². The van der Waals surface area contributed by atoms with Gasteiger partial charge >= 0.3 is 0 Å². The average molecular weight is 675 g/mol. The van der Waals surface area contributed by atoms with Gasteiger partial charge in [0.25, 0.3) is 5.91 Å². The van der Waals surface area contributed by atoms with Gasteiger partial charge in [0.2, 0.25) is 0 Å². The summed E-state index contributed by atoms with van der Waals surface area (Å²) < 4.78 is 37.7. The summed E-state index contributed by atoms with van der Waals surface area (Å²) in [5, 5.41) is 4.28. The van der Waals surface area contributed by atoms with E-state index in [9.17, 15) is 9.18 Å². The van der Waals surface area contributed by atoms with Gasteiger partial charge in [-0.15, -0.1) is 0 Å². The number of hydrogen-bond acceptors (Lipinski definition) is 4. The second-order valence-electron chi connectivity index (χ2n) is 12.5. The van der Waals surface area contributed by atoms with Gasteiger partial charge in [0.05, 0.1) is 51.2 Å². The number of thioether (sulfide) groups is 1. The van der Waals surface area contributed by atoms with Crippen LogP contribution in [0, 0.1) is 11.6 Å². The Balaban J connectivity index is 1.41. The molecule has 0 saturated carbocycles. The van der Waals surface area contributed by atoms with Crippen LogP contribution in [0.5, 0.6) is 5.75 Å². The number of nitrogens with one attached hydrogen (secondary N) is 1. The Hall–Kier alpha value is -3.11. The third-order valence-corrected chi connectivity index (χ3v) is 10.2. The maximum Gasteiger partial charge on any atom is 0.251 e. The topological polar surface area (TPSA) is 56.1 Å². The van der Waals surface area contributed by atoms with E-state index < -0.39 is 11.2 Å². The predicted molar refractivity (Wildman–Crippen MR) is 177 cm³/mol. The first-order valence-electron chi connectivity index (χ1n) is 14.7. The molecule has 0 aliphatic carbocycles. The van der Waals surface area contributed by atoms with Crippen LogP contribution >= 0.6 is 35.0 Å².